The first kappa shape index (κ1) is 20.9. The van der Waals surface area contributed by atoms with E-state index >= 15 is 0 Å². The number of hydrogen-bond donors (Lipinski definition) is 3. The average Bonchev–Trinajstić information content (AvgIpc) is 2.59. The molecule has 2 rings (SSSR count). The average molecular weight is 389 g/mol. The van der Waals surface area contributed by atoms with Crippen molar-refractivity contribution in [2.24, 2.45) is 0 Å². The van der Waals surface area contributed by atoms with Gasteiger partial charge in [0.05, 0.1) is 13.1 Å². The molecule has 0 saturated heterocycles. The third-order valence-corrected chi connectivity index (χ3v) is 4.80. The van der Waals surface area contributed by atoms with Gasteiger partial charge in [0.15, 0.2) is 13.1 Å². The second-order valence-corrected chi connectivity index (χ2v) is 7.38. The number of carbonyl (C=O) groups is 2. The number of hydrogen-bond acceptors (Lipinski definition) is 2. The van der Waals surface area contributed by atoms with E-state index in [1.165, 1.54) is 0 Å². The van der Waals surface area contributed by atoms with E-state index in [1.807, 2.05) is 58.2 Å². The van der Waals surface area contributed by atoms with Crippen LogP contribution in [0.25, 0.3) is 0 Å². The van der Waals surface area contributed by atoms with Crippen LogP contribution in [0.5, 0.6) is 0 Å². The van der Waals surface area contributed by atoms with Crippen LogP contribution in [0, 0.1) is 13.8 Å². The van der Waals surface area contributed by atoms with Crippen LogP contribution in [-0.4, -0.2) is 32.0 Å². The molecular weight excluding hydrogens is 362 g/mol. The summed E-state index contributed by atoms with van der Waals surface area (Å²) in [5, 5.41) is 6.54. The largest absolute Gasteiger partial charge is 0.345 e. The van der Waals surface area contributed by atoms with Crippen LogP contribution >= 0.6 is 11.6 Å². The molecule has 0 aliphatic carbocycles. The van der Waals surface area contributed by atoms with E-state index in [0.717, 1.165) is 27.3 Å². The maximum Gasteiger partial charge on any atom is 0.279 e. The molecule has 144 valence electrons. The SMILES string of the molecule is Cc1cccc(NC(=O)C[NH+](C)CC(=O)N[C@H](C)c2ccc(Cl)cc2)c1C. The zero-order chi connectivity index (χ0) is 20.0. The Morgan fingerprint density at radius 3 is 2.33 bits per heavy atom. The minimum Gasteiger partial charge on any atom is -0.345 e. The fourth-order valence-corrected chi connectivity index (χ4v) is 2.94. The van der Waals surface area contributed by atoms with Crippen LogP contribution in [0.1, 0.15) is 29.7 Å². The van der Waals surface area contributed by atoms with Gasteiger partial charge in [-0.3, -0.25) is 9.59 Å². The van der Waals surface area contributed by atoms with Gasteiger partial charge in [-0.1, -0.05) is 35.9 Å². The number of halogens is 1. The molecule has 2 amide bonds. The summed E-state index contributed by atoms with van der Waals surface area (Å²) in [4.78, 5) is 25.3. The number of anilines is 1. The van der Waals surface area contributed by atoms with Crippen LogP contribution in [0.4, 0.5) is 5.69 Å². The van der Waals surface area contributed by atoms with Crippen LogP contribution in [0.3, 0.4) is 0 Å². The smallest absolute Gasteiger partial charge is 0.279 e. The zero-order valence-corrected chi connectivity index (χ0v) is 17.0. The molecule has 0 spiro atoms. The molecule has 0 saturated carbocycles. The molecule has 3 N–H and O–H groups in total. The molecular formula is C21H27ClN3O2+. The molecule has 0 aliphatic heterocycles. The highest BCUT2D eigenvalue weighted by molar-refractivity contribution is 6.30. The summed E-state index contributed by atoms with van der Waals surface area (Å²) >= 11 is 5.89. The lowest BCUT2D eigenvalue weighted by Gasteiger charge is -2.18. The lowest BCUT2D eigenvalue weighted by atomic mass is 10.1. The van der Waals surface area contributed by atoms with E-state index in [9.17, 15) is 9.59 Å². The minimum absolute atomic E-state index is 0.102. The van der Waals surface area contributed by atoms with Gasteiger partial charge in [-0.05, 0) is 55.7 Å². The fraction of sp³-hybridized carbons (Fsp3) is 0.333. The van der Waals surface area contributed by atoms with Gasteiger partial charge in [0.2, 0.25) is 0 Å². The van der Waals surface area contributed by atoms with Gasteiger partial charge < -0.3 is 15.5 Å². The van der Waals surface area contributed by atoms with Crippen molar-refractivity contribution in [2.75, 3.05) is 25.5 Å². The molecule has 0 heterocycles. The third kappa shape index (κ3) is 6.38. The van der Waals surface area contributed by atoms with E-state index < -0.39 is 0 Å². The molecule has 0 fully saturated rings. The number of quaternary nitrogens is 1. The Hall–Kier alpha value is -2.37. The van der Waals surface area contributed by atoms with Crippen molar-refractivity contribution in [1.82, 2.24) is 5.32 Å². The second kappa shape index (κ2) is 9.53. The standard InChI is InChI=1S/C21H26ClN3O2/c1-14-6-5-7-19(15(14)2)24-21(27)13-25(4)12-20(26)23-16(3)17-8-10-18(22)11-9-17/h5-11,16H,12-13H2,1-4H3,(H,23,26)(H,24,27)/p+1/t16-/m1/s1. The summed E-state index contributed by atoms with van der Waals surface area (Å²) in [6, 6.07) is 13.1. The van der Waals surface area contributed by atoms with Gasteiger partial charge in [0.25, 0.3) is 11.8 Å². The normalized spacial score (nSPS) is 12.9. The Labute approximate surface area is 165 Å². The van der Waals surface area contributed by atoms with Crippen LogP contribution < -0.4 is 15.5 Å². The van der Waals surface area contributed by atoms with Crippen molar-refractivity contribution in [3.05, 3.63) is 64.2 Å². The highest BCUT2D eigenvalue weighted by Crippen LogP contribution is 2.17. The zero-order valence-electron chi connectivity index (χ0n) is 16.2. The van der Waals surface area contributed by atoms with Gasteiger partial charge in [-0.2, -0.15) is 0 Å². The van der Waals surface area contributed by atoms with Gasteiger partial charge in [-0.25, -0.2) is 0 Å². The first-order valence-corrected chi connectivity index (χ1v) is 9.36. The summed E-state index contributed by atoms with van der Waals surface area (Å²) in [5.74, 6) is -0.214. The highest BCUT2D eigenvalue weighted by atomic mass is 35.5. The summed E-state index contributed by atoms with van der Waals surface area (Å²) < 4.78 is 0. The van der Waals surface area contributed by atoms with Gasteiger partial charge in [0, 0.05) is 10.7 Å². The van der Waals surface area contributed by atoms with Crippen molar-refractivity contribution in [2.45, 2.75) is 26.8 Å². The molecule has 2 atom stereocenters. The molecule has 6 heteroatoms. The van der Waals surface area contributed by atoms with Gasteiger partial charge in [0.1, 0.15) is 0 Å². The van der Waals surface area contributed by atoms with Crippen LogP contribution in [0.2, 0.25) is 5.02 Å². The maximum absolute atomic E-state index is 12.3. The summed E-state index contributed by atoms with van der Waals surface area (Å²) in [6.45, 7) is 6.35. The Morgan fingerprint density at radius 2 is 1.67 bits per heavy atom. The van der Waals surface area contributed by atoms with Crippen molar-refractivity contribution in [3.63, 3.8) is 0 Å². The number of aryl methyl sites for hydroxylation is 1. The number of benzene rings is 2. The Balaban J connectivity index is 1.82. The Kier molecular flexibility index (Phi) is 7.39. The predicted octanol–water partition coefficient (Wildman–Crippen LogP) is 2.29. The molecule has 0 aromatic heterocycles. The molecule has 2 aromatic rings. The Bertz CT molecular complexity index is 806. The molecule has 27 heavy (non-hydrogen) atoms. The quantitative estimate of drug-likeness (QED) is 0.681. The monoisotopic (exact) mass is 388 g/mol. The first-order valence-electron chi connectivity index (χ1n) is 8.98. The van der Waals surface area contributed by atoms with Crippen molar-refractivity contribution < 1.29 is 14.5 Å². The van der Waals surface area contributed by atoms with Crippen molar-refractivity contribution in [3.8, 4) is 0 Å². The number of nitrogens with one attached hydrogen (secondary N) is 3. The summed E-state index contributed by atoms with van der Waals surface area (Å²) in [6.07, 6.45) is 0. The molecule has 5 nitrogen and oxygen atoms in total. The second-order valence-electron chi connectivity index (χ2n) is 6.95. The first-order chi connectivity index (χ1) is 12.8. The van der Waals surface area contributed by atoms with Crippen molar-refractivity contribution in [1.29, 1.82) is 0 Å². The summed E-state index contributed by atoms with van der Waals surface area (Å²) in [7, 11) is 1.83. The predicted molar refractivity (Wildman–Crippen MR) is 109 cm³/mol. The van der Waals surface area contributed by atoms with Crippen molar-refractivity contribution >= 4 is 29.1 Å². The minimum atomic E-state index is -0.119. The highest BCUT2D eigenvalue weighted by Gasteiger charge is 2.17. The lowest BCUT2D eigenvalue weighted by Crippen LogP contribution is -3.11. The van der Waals surface area contributed by atoms with Gasteiger partial charge in [-0.15, -0.1) is 0 Å². The number of rotatable bonds is 7. The van der Waals surface area contributed by atoms with E-state index in [-0.39, 0.29) is 30.9 Å². The van der Waals surface area contributed by atoms with E-state index in [2.05, 4.69) is 10.6 Å². The third-order valence-electron chi connectivity index (χ3n) is 4.55. The van der Waals surface area contributed by atoms with Gasteiger partial charge >= 0.3 is 0 Å². The number of carbonyl (C=O) groups excluding carboxylic acids is 2. The molecule has 1 unspecified atom stereocenters. The van der Waals surface area contributed by atoms with E-state index in [4.69, 9.17) is 11.6 Å². The topological polar surface area (TPSA) is 62.6 Å². The maximum atomic E-state index is 12.3. The van der Waals surface area contributed by atoms with E-state index in [1.54, 1.807) is 12.1 Å². The molecule has 2 aromatic carbocycles. The summed E-state index contributed by atoms with van der Waals surface area (Å²) in [5.41, 5.74) is 3.98. The van der Waals surface area contributed by atoms with Crippen LogP contribution in [0.15, 0.2) is 42.5 Å². The van der Waals surface area contributed by atoms with Crippen LogP contribution in [-0.2, 0) is 9.59 Å². The molecule has 0 aliphatic rings. The fourth-order valence-electron chi connectivity index (χ4n) is 2.82. The number of amides is 2. The Morgan fingerprint density at radius 1 is 1.04 bits per heavy atom. The molecule has 0 radical (unpaired) electrons. The lowest BCUT2D eigenvalue weighted by molar-refractivity contribution is -0.862. The molecule has 0 bridgehead atoms. The number of likely N-dealkylation sites (N-methyl/N-ethyl adjacent to an activating group) is 1. The van der Waals surface area contributed by atoms with E-state index in [0.29, 0.717) is 5.02 Å².